The second kappa shape index (κ2) is 8.57. The first-order chi connectivity index (χ1) is 14.1. The number of hydrogen-bond donors (Lipinski definition) is 2. The number of halogens is 1. The van der Waals surface area contributed by atoms with Gasteiger partial charge in [-0.2, -0.15) is 5.10 Å². The summed E-state index contributed by atoms with van der Waals surface area (Å²) in [5.41, 5.74) is 1.90. The molecule has 2 atom stereocenters. The number of aromatic nitrogens is 3. The van der Waals surface area contributed by atoms with E-state index >= 15 is 0 Å². The Balaban J connectivity index is 1.37. The summed E-state index contributed by atoms with van der Waals surface area (Å²) >= 11 is 0. The second-order valence-corrected chi connectivity index (χ2v) is 7.18. The highest BCUT2D eigenvalue weighted by Gasteiger charge is 2.23. The van der Waals surface area contributed by atoms with Gasteiger partial charge < -0.3 is 15.4 Å². The van der Waals surface area contributed by atoms with Gasteiger partial charge in [0.05, 0.1) is 12.2 Å². The maximum absolute atomic E-state index is 13.0. The second-order valence-electron chi connectivity index (χ2n) is 7.18. The number of ether oxygens (including phenoxy) is 1. The average Bonchev–Trinajstić information content (AvgIpc) is 3.38. The molecule has 0 radical (unpaired) electrons. The monoisotopic (exact) mass is 397 g/mol. The summed E-state index contributed by atoms with van der Waals surface area (Å²) in [5.74, 6) is 0.258. The number of nitrogens with one attached hydrogen (secondary N) is 2. The van der Waals surface area contributed by atoms with E-state index in [0.29, 0.717) is 24.8 Å². The van der Waals surface area contributed by atoms with Gasteiger partial charge in [-0.1, -0.05) is 0 Å². The van der Waals surface area contributed by atoms with Crippen LogP contribution in [0, 0.1) is 5.82 Å². The van der Waals surface area contributed by atoms with Crippen molar-refractivity contribution < 1.29 is 13.9 Å². The molecule has 1 aromatic carbocycles. The summed E-state index contributed by atoms with van der Waals surface area (Å²) in [6.07, 6.45) is 2.14. The van der Waals surface area contributed by atoms with Gasteiger partial charge in [-0.3, -0.25) is 4.79 Å². The molecule has 1 aliphatic rings. The highest BCUT2D eigenvalue weighted by molar-refractivity contribution is 5.81. The fourth-order valence-corrected chi connectivity index (χ4v) is 3.58. The van der Waals surface area contributed by atoms with Crippen molar-refractivity contribution in [1.82, 2.24) is 25.4 Å². The molecule has 0 spiro atoms. The van der Waals surface area contributed by atoms with Crippen molar-refractivity contribution in [2.75, 3.05) is 19.6 Å². The molecule has 7 nitrogen and oxygen atoms in total. The smallest absolute Gasteiger partial charge is 0.260 e. The van der Waals surface area contributed by atoms with E-state index in [1.165, 1.54) is 24.3 Å². The van der Waals surface area contributed by atoms with Gasteiger partial charge in [0.2, 0.25) is 0 Å². The number of rotatable bonds is 7. The molecular formula is C21H24FN5O2. The van der Waals surface area contributed by atoms with Crippen LogP contribution in [0.4, 0.5) is 4.39 Å². The zero-order valence-electron chi connectivity index (χ0n) is 16.3. The van der Waals surface area contributed by atoms with Crippen molar-refractivity contribution in [3.05, 3.63) is 54.1 Å². The molecule has 3 heterocycles. The van der Waals surface area contributed by atoms with Crippen molar-refractivity contribution in [3.8, 4) is 5.75 Å². The number of hydrogen-bond acceptors (Lipinski definition) is 5. The molecule has 2 unspecified atom stereocenters. The number of fused-ring (bicyclic) bond motifs is 1. The van der Waals surface area contributed by atoms with Crippen LogP contribution in [-0.4, -0.2) is 46.4 Å². The summed E-state index contributed by atoms with van der Waals surface area (Å²) in [6, 6.07) is 9.58. The molecule has 29 heavy (non-hydrogen) atoms. The Morgan fingerprint density at radius 2 is 2.21 bits per heavy atom. The van der Waals surface area contributed by atoms with Crippen molar-refractivity contribution >= 4 is 16.9 Å². The van der Waals surface area contributed by atoms with E-state index < -0.39 is 6.10 Å². The molecule has 4 rings (SSSR count). The van der Waals surface area contributed by atoms with Gasteiger partial charge in [-0.15, -0.1) is 0 Å². The minimum absolute atomic E-state index is 0.237. The Kier molecular flexibility index (Phi) is 5.71. The lowest BCUT2D eigenvalue weighted by Gasteiger charge is -2.14. The third kappa shape index (κ3) is 4.37. The largest absolute Gasteiger partial charge is 0.481 e. The summed E-state index contributed by atoms with van der Waals surface area (Å²) in [6.45, 7) is 4.51. The first kappa shape index (κ1) is 19.3. The minimum atomic E-state index is -0.687. The predicted molar refractivity (Wildman–Crippen MR) is 107 cm³/mol. The topological polar surface area (TPSA) is 81.1 Å². The normalized spacial score (nSPS) is 17.4. The molecule has 1 fully saturated rings. The lowest BCUT2D eigenvalue weighted by molar-refractivity contribution is -0.127. The van der Waals surface area contributed by atoms with Crippen LogP contribution in [0.5, 0.6) is 5.75 Å². The van der Waals surface area contributed by atoms with Gasteiger partial charge >= 0.3 is 0 Å². The van der Waals surface area contributed by atoms with Gasteiger partial charge in [0.1, 0.15) is 11.6 Å². The van der Waals surface area contributed by atoms with Gasteiger partial charge in [-0.05, 0) is 56.3 Å². The predicted octanol–water partition coefficient (Wildman–Crippen LogP) is 2.23. The molecule has 152 valence electrons. The van der Waals surface area contributed by atoms with Crippen LogP contribution >= 0.6 is 0 Å². The van der Waals surface area contributed by atoms with E-state index in [9.17, 15) is 9.18 Å². The molecule has 1 amide bonds. The maximum Gasteiger partial charge on any atom is 0.260 e. The van der Waals surface area contributed by atoms with Crippen molar-refractivity contribution in [2.24, 2.45) is 0 Å². The molecular weight excluding hydrogens is 373 g/mol. The van der Waals surface area contributed by atoms with Crippen LogP contribution in [-0.2, 0) is 11.3 Å². The van der Waals surface area contributed by atoms with Crippen LogP contribution < -0.4 is 15.4 Å². The number of nitrogens with zero attached hydrogens (tertiary/aromatic N) is 3. The highest BCUT2D eigenvalue weighted by Crippen LogP contribution is 2.27. The average molecular weight is 397 g/mol. The third-order valence-corrected chi connectivity index (χ3v) is 5.10. The lowest BCUT2D eigenvalue weighted by atomic mass is 10.0. The Hall–Kier alpha value is -3.00. The molecule has 2 N–H and O–H groups in total. The van der Waals surface area contributed by atoms with E-state index in [-0.39, 0.29) is 11.7 Å². The number of carbonyl (C=O) groups excluding carboxylic acids is 1. The van der Waals surface area contributed by atoms with Gasteiger partial charge in [0.15, 0.2) is 11.8 Å². The molecule has 8 heteroatoms. The Morgan fingerprint density at radius 3 is 2.97 bits per heavy atom. The lowest BCUT2D eigenvalue weighted by Crippen LogP contribution is -2.38. The molecule has 0 aliphatic carbocycles. The summed E-state index contributed by atoms with van der Waals surface area (Å²) in [4.78, 5) is 16.8. The molecule has 0 bridgehead atoms. The number of pyridine rings is 1. The molecule has 0 saturated carbocycles. The minimum Gasteiger partial charge on any atom is -0.481 e. The third-order valence-electron chi connectivity index (χ3n) is 5.10. The van der Waals surface area contributed by atoms with Crippen LogP contribution in [0.1, 0.15) is 25.0 Å². The van der Waals surface area contributed by atoms with Crippen LogP contribution in [0.15, 0.2) is 42.6 Å². The van der Waals surface area contributed by atoms with E-state index in [1.807, 2.05) is 10.7 Å². The quantitative estimate of drug-likeness (QED) is 0.639. The van der Waals surface area contributed by atoms with Crippen molar-refractivity contribution in [3.63, 3.8) is 0 Å². The molecule has 1 aliphatic heterocycles. The molecule has 1 saturated heterocycles. The first-order valence-electron chi connectivity index (χ1n) is 9.84. The van der Waals surface area contributed by atoms with Crippen molar-refractivity contribution in [1.29, 1.82) is 0 Å². The zero-order chi connectivity index (χ0) is 20.2. The summed E-state index contributed by atoms with van der Waals surface area (Å²) < 4.78 is 20.4. The maximum atomic E-state index is 13.0. The van der Waals surface area contributed by atoms with E-state index in [0.717, 1.165) is 36.2 Å². The van der Waals surface area contributed by atoms with Crippen LogP contribution in [0.25, 0.3) is 11.0 Å². The molecule has 2 aromatic heterocycles. The fourth-order valence-electron chi connectivity index (χ4n) is 3.58. The standard InChI is InChI=1S/C21H24FN5O2/c1-14(29-17-6-4-16(22)5-7-17)21(28)25-11-12-27-20-18(3-2-9-24-20)19(26-27)15-8-10-23-13-15/h2-7,9,14-15,23H,8,10-13H2,1H3,(H,25,28). The zero-order valence-corrected chi connectivity index (χ0v) is 16.3. The van der Waals surface area contributed by atoms with E-state index in [1.54, 1.807) is 13.1 Å². The van der Waals surface area contributed by atoms with Gasteiger partial charge in [-0.25, -0.2) is 14.1 Å². The van der Waals surface area contributed by atoms with Crippen LogP contribution in [0.3, 0.4) is 0 Å². The van der Waals surface area contributed by atoms with Crippen molar-refractivity contribution in [2.45, 2.75) is 31.9 Å². The number of amides is 1. The van der Waals surface area contributed by atoms with E-state index in [4.69, 9.17) is 9.84 Å². The number of carbonyl (C=O) groups is 1. The van der Waals surface area contributed by atoms with E-state index in [2.05, 4.69) is 21.7 Å². The fraction of sp³-hybridized carbons (Fsp3) is 0.381. The summed E-state index contributed by atoms with van der Waals surface area (Å²) in [7, 11) is 0. The highest BCUT2D eigenvalue weighted by atomic mass is 19.1. The Labute approximate surface area is 168 Å². The first-order valence-corrected chi connectivity index (χ1v) is 9.84. The Bertz CT molecular complexity index is 982. The van der Waals surface area contributed by atoms with Gasteiger partial charge in [0.25, 0.3) is 5.91 Å². The Morgan fingerprint density at radius 1 is 1.38 bits per heavy atom. The summed E-state index contributed by atoms with van der Waals surface area (Å²) in [5, 5.41) is 12.1. The van der Waals surface area contributed by atoms with Gasteiger partial charge in [0, 0.05) is 30.6 Å². The molecule has 3 aromatic rings. The SMILES string of the molecule is CC(Oc1ccc(F)cc1)C(=O)NCCn1nc(C2CCNC2)c2cccnc21. The number of benzene rings is 1. The van der Waals surface area contributed by atoms with Crippen LogP contribution in [0.2, 0.25) is 0 Å².